The highest BCUT2D eigenvalue weighted by atomic mass is 35.5. The highest BCUT2D eigenvalue weighted by molar-refractivity contribution is 6.31. The fraction of sp³-hybridized carbons (Fsp3) is 0.0500. The van der Waals surface area contributed by atoms with Gasteiger partial charge in [0.25, 0.3) is 11.8 Å². The van der Waals surface area contributed by atoms with Crippen LogP contribution in [0.2, 0.25) is 10.0 Å². The standard InChI is InChI=1S/C20H10Cl2F3N3O3/c21-11-3-1-10(2-4-11)16-8-14(17(31-16)20(23,24)25)19(30)28-15-7-12(22)5-6-13(15)18(29)27-9-26/h1-8H,(H,27,29)(H,28,30). The maximum Gasteiger partial charge on any atom is 0.450 e. The molecule has 0 unspecified atom stereocenters. The molecule has 2 amide bonds. The van der Waals surface area contributed by atoms with E-state index >= 15 is 0 Å². The number of hydrogen-bond donors (Lipinski definition) is 2. The van der Waals surface area contributed by atoms with E-state index in [-0.39, 0.29) is 27.6 Å². The number of nitrogens with zero attached hydrogens (tertiary/aromatic N) is 1. The van der Waals surface area contributed by atoms with Crippen LogP contribution in [0.25, 0.3) is 11.3 Å². The predicted molar refractivity (Wildman–Crippen MR) is 107 cm³/mol. The molecule has 0 radical (unpaired) electrons. The minimum atomic E-state index is -4.97. The van der Waals surface area contributed by atoms with E-state index < -0.39 is 29.3 Å². The summed E-state index contributed by atoms with van der Waals surface area (Å²) in [7, 11) is 0. The molecule has 0 aliphatic heterocycles. The van der Waals surface area contributed by atoms with Crippen molar-refractivity contribution in [2.75, 3.05) is 5.32 Å². The molecule has 11 heteroatoms. The number of alkyl halides is 3. The largest absolute Gasteiger partial charge is 0.451 e. The van der Waals surface area contributed by atoms with Gasteiger partial charge in [-0.3, -0.25) is 14.9 Å². The van der Waals surface area contributed by atoms with Crippen LogP contribution in [0.5, 0.6) is 0 Å². The minimum Gasteiger partial charge on any atom is -0.451 e. The lowest BCUT2D eigenvalue weighted by molar-refractivity contribution is -0.153. The first-order valence-electron chi connectivity index (χ1n) is 8.37. The first-order chi connectivity index (χ1) is 14.6. The maximum atomic E-state index is 13.5. The molecule has 0 spiro atoms. The highest BCUT2D eigenvalue weighted by Crippen LogP contribution is 2.38. The van der Waals surface area contributed by atoms with E-state index in [0.29, 0.717) is 5.02 Å². The molecule has 31 heavy (non-hydrogen) atoms. The van der Waals surface area contributed by atoms with Gasteiger partial charge in [-0.25, -0.2) is 0 Å². The Balaban J connectivity index is 2.02. The van der Waals surface area contributed by atoms with Crippen molar-refractivity contribution in [2.24, 2.45) is 0 Å². The zero-order valence-electron chi connectivity index (χ0n) is 15.2. The Morgan fingerprint density at radius 3 is 2.19 bits per heavy atom. The summed E-state index contributed by atoms with van der Waals surface area (Å²) in [6, 6.07) is 10.4. The molecule has 0 aliphatic carbocycles. The molecule has 0 saturated carbocycles. The van der Waals surface area contributed by atoms with Crippen molar-refractivity contribution in [1.82, 2.24) is 5.32 Å². The van der Waals surface area contributed by atoms with Crippen LogP contribution in [0, 0.1) is 11.5 Å². The van der Waals surface area contributed by atoms with Gasteiger partial charge in [0.1, 0.15) is 5.76 Å². The quantitative estimate of drug-likeness (QED) is 0.378. The van der Waals surface area contributed by atoms with Gasteiger partial charge in [-0.1, -0.05) is 23.2 Å². The number of carbonyl (C=O) groups is 2. The molecule has 6 nitrogen and oxygen atoms in total. The van der Waals surface area contributed by atoms with E-state index in [2.05, 4.69) is 5.32 Å². The minimum absolute atomic E-state index is 0.105. The Bertz CT molecular complexity index is 1200. The average Bonchev–Trinajstić information content (AvgIpc) is 3.15. The van der Waals surface area contributed by atoms with Crippen molar-refractivity contribution in [3.05, 3.63) is 75.5 Å². The van der Waals surface area contributed by atoms with E-state index in [1.807, 2.05) is 5.32 Å². The highest BCUT2D eigenvalue weighted by Gasteiger charge is 2.40. The summed E-state index contributed by atoms with van der Waals surface area (Å²) in [4.78, 5) is 24.7. The monoisotopic (exact) mass is 467 g/mol. The lowest BCUT2D eigenvalue weighted by Crippen LogP contribution is -2.22. The van der Waals surface area contributed by atoms with Crippen LogP contribution in [-0.4, -0.2) is 11.8 Å². The van der Waals surface area contributed by atoms with Crippen LogP contribution in [0.3, 0.4) is 0 Å². The Kier molecular flexibility index (Phi) is 6.24. The van der Waals surface area contributed by atoms with Crippen LogP contribution in [0.4, 0.5) is 18.9 Å². The Labute approximate surface area is 183 Å². The molecular formula is C20H10Cl2F3N3O3. The third-order valence-electron chi connectivity index (χ3n) is 4.01. The Morgan fingerprint density at radius 1 is 0.935 bits per heavy atom. The second-order valence-corrected chi connectivity index (χ2v) is 6.94. The van der Waals surface area contributed by atoms with Crippen molar-refractivity contribution < 1.29 is 27.2 Å². The third-order valence-corrected chi connectivity index (χ3v) is 4.49. The zero-order chi connectivity index (χ0) is 22.8. The van der Waals surface area contributed by atoms with Crippen molar-refractivity contribution in [1.29, 1.82) is 5.26 Å². The van der Waals surface area contributed by atoms with Crippen LogP contribution in [-0.2, 0) is 6.18 Å². The summed E-state index contributed by atoms with van der Waals surface area (Å²) in [5.41, 5.74) is -0.892. The van der Waals surface area contributed by atoms with Crippen LogP contribution < -0.4 is 10.6 Å². The molecule has 1 heterocycles. The summed E-state index contributed by atoms with van der Waals surface area (Å²) in [6.07, 6.45) is -3.54. The van der Waals surface area contributed by atoms with Crippen molar-refractivity contribution in [3.8, 4) is 17.5 Å². The number of benzene rings is 2. The van der Waals surface area contributed by atoms with Gasteiger partial charge < -0.3 is 9.73 Å². The molecule has 0 bridgehead atoms. The number of halogens is 5. The number of furan rings is 1. The van der Waals surface area contributed by atoms with Gasteiger partial charge in [-0.2, -0.15) is 18.4 Å². The average molecular weight is 468 g/mol. The van der Waals surface area contributed by atoms with Crippen molar-refractivity contribution in [3.63, 3.8) is 0 Å². The topological polar surface area (TPSA) is 95.1 Å². The molecule has 0 aliphatic rings. The number of carbonyl (C=O) groups excluding carboxylic acids is 2. The molecular weight excluding hydrogens is 458 g/mol. The van der Waals surface area contributed by atoms with E-state index in [0.717, 1.165) is 6.07 Å². The number of nitrogens with one attached hydrogen (secondary N) is 2. The van der Waals surface area contributed by atoms with Crippen molar-refractivity contribution in [2.45, 2.75) is 6.18 Å². The van der Waals surface area contributed by atoms with E-state index in [1.165, 1.54) is 48.7 Å². The second kappa shape index (κ2) is 8.71. The molecule has 3 rings (SSSR count). The number of hydrogen-bond acceptors (Lipinski definition) is 4. The normalized spacial score (nSPS) is 11.0. The summed E-state index contributed by atoms with van der Waals surface area (Å²) in [5.74, 6) is -3.79. The van der Waals surface area contributed by atoms with Gasteiger partial charge in [-0.15, -0.1) is 0 Å². The molecule has 2 N–H and O–H groups in total. The number of rotatable bonds is 4. The lowest BCUT2D eigenvalue weighted by Gasteiger charge is -2.11. The van der Waals surface area contributed by atoms with Gasteiger partial charge in [0.05, 0.1) is 16.8 Å². The van der Waals surface area contributed by atoms with Gasteiger partial charge in [0.15, 0.2) is 6.19 Å². The van der Waals surface area contributed by atoms with Crippen LogP contribution in [0.15, 0.2) is 52.9 Å². The first kappa shape index (κ1) is 22.2. The van der Waals surface area contributed by atoms with Crippen LogP contribution >= 0.6 is 23.2 Å². The number of anilines is 1. The second-order valence-electron chi connectivity index (χ2n) is 6.07. The summed E-state index contributed by atoms with van der Waals surface area (Å²) in [5, 5.41) is 13.2. The zero-order valence-corrected chi connectivity index (χ0v) is 16.7. The molecule has 0 fully saturated rings. The molecule has 0 saturated heterocycles. The SMILES string of the molecule is N#CNC(=O)c1ccc(Cl)cc1NC(=O)c1cc(-c2ccc(Cl)cc2)oc1C(F)(F)F. The lowest BCUT2D eigenvalue weighted by atomic mass is 10.1. The summed E-state index contributed by atoms with van der Waals surface area (Å²) in [6.45, 7) is 0. The molecule has 3 aromatic rings. The Morgan fingerprint density at radius 2 is 1.58 bits per heavy atom. The van der Waals surface area contributed by atoms with Crippen molar-refractivity contribution >= 4 is 40.7 Å². The van der Waals surface area contributed by atoms with Gasteiger partial charge in [0.2, 0.25) is 5.76 Å². The fourth-order valence-corrected chi connectivity index (χ4v) is 2.95. The first-order valence-corrected chi connectivity index (χ1v) is 9.13. The summed E-state index contributed by atoms with van der Waals surface area (Å²) < 4.78 is 45.4. The number of amides is 2. The fourth-order valence-electron chi connectivity index (χ4n) is 2.65. The molecule has 158 valence electrons. The molecule has 2 aromatic carbocycles. The molecule has 1 aromatic heterocycles. The molecule has 0 atom stereocenters. The maximum absolute atomic E-state index is 13.5. The van der Waals surface area contributed by atoms with Crippen LogP contribution in [0.1, 0.15) is 26.5 Å². The number of nitriles is 1. The van der Waals surface area contributed by atoms with Gasteiger partial charge in [-0.05, 0) is 48.5 Å². The predicted octanol–water partition coefficient (Wildman–Crippen LogP) is 5.74. The van der Waals surface area contributed by atoms with E-state index in [4.69, 9.17) is 32.9 Å². The Hall–Kier alpha value is -3.48. The third kappa shape index (κ3) is 4.99. The smallest absolute Gasteiger partial charge is 0.450 e. The van der Waals surface area contributed by atoms with E-state index in [9.17, 15) is 22.8 Å². The van der Waals surface area contributed by atoms with E-state index in [1.54, 1.807) is 0 Å². The van der Waals surface area contributed by atoms with Gasteiger partial charge in [0, 0.05) is 15.6 Å². The van der Waals surface area contributed by atoms with Gasteiger partial charge >= 0.3 is 6.18 Å². The summed E-state index contributed by atoms with van der Waals surface area (Å²) >= 11 is 11.7.